The minimum absolute atomic E-state index is 0. The zero-order chi connectivity index (χ0) is 9.42. The summed E-state index contributed by atoms with van der Waals surface area (Å²) in [5, 5.41) is 7.82. The highest BCUT2D eigenvalue weighted by molar-refractivity contribution is 5.80. The monoisotopic (exact) mass is 194 g/mol. The molecule has 2 aromatic rings. The van der Waals surface area contributed by atoms with Gasteiger partial charge in [0.05, 0.1) is 0 Å². The Kier molecular flexibility index (Phi) is 2.64. The summed E-state index contributed by atoms with van der Waals surface area (Å²) in [7, 11) is 0. The molecule has 0 fully saturated rings. The Hall–Kier alpha value is -1.72. The maximum atomic E-state index is 5.69. The van der Waals surface area contributed by atoms with Gasteiger partial charge in [-0.25, -0.2) is 14.6 Å². The fourth-order valence-corrected chi connectivity index (χ4v) is 1.17. The molecule has 0 aliphatic heterocycles. The second-order valence-electron chi connectivity index (χ2n) is 3.06. The fraction of sp³-hybridized carbons (Fsp3) is 0.500. The molecule has 0 spiro atoms. The van der Waals surface area contributed by atoms with Gasteiger partial charge in [0.15, 0.2) is 11.3 Å². The Bertz CT molecular complexity index is 432. The van der Waals surface area contributed by atoms with Gasteiger partial charge >= 0.3 is 0 Å². The number of anilines is 1. The lowest BCUT2D eigenvalue weighted by atomic mass is 10.4. The predicted octanol–water partition coefficient (Wildman–Crippen LogP) is 1.02. The van der Waals surface area contributed by atoms with E-state index in [4.69, 9.17) is 5.73 Å². The van der Waals surface area contributed by atoms with E-state index in [-0.39, 0.29) is 13.5 Å². The maximum absolute atomic E-state index is 5.69. The molecule has 2 N–H and O–H groups in total. The lowest BCUT2D eigenvalue weighted by molar-refractivity contribution is 0.530. The molecular weight excluding hydrogens is 180 g/mol. The van der Waals surface area contributed by atoms with Crippen LogP contribution >= 0.6 is 0 Å². The minimum atomic E-state index is 0. The molecule has 2 aromatic heterocycles. The Morgan fingerprint density at radius 2 is 2.07 bits per heavy atom. The molecule has 14 heavy (non-hydrogen) atoms. The van der Waals surface area contributed by atoms with E-state index in [0.717, 1.165) is 0 Å². The van der Waals surface area contributed by atoms with Crippen molar-refractivity contribution in [3.05, 3.63) is 6.33 Å². The fourth-order valence-electron chi connectivity index (χ4n) is 1.17. The van der Waals surface area contributed by atoms with Crippen LogP contribution in [-0.4, -0.2) is 25.0 Å². The summed E-state index contributed by atoms with van der Waals surface area (Å²) in [6.07, 6.45) is 1.39. The smallest absolute Gasteiger partial charge is 0.207 e. The van der Waals surface area contributed by atoms with Crippen LogP contribution in [0.2, 0.25) is 0 Å². The molecule has 0 aromatic carbocycles. The van der Waals surface area contributed by atoms with Gasteiger partial charge in [0.25, 0.3) is 0 Å². The molecule has 0 aliphatic carbocycles. The number of aromatic nitrogens is 5. The molecule has 6 heteroatoms. The second kappa shape index (κ2) is 3.57. The number of hydrogen-bond donors (Lipinski definition) is 1. The van der Waals surface area contributed by atoms with Gasteiger partial charge in [-0.05, 0) is 13.8 Å². The van der Waals surface area contributed by atoms with Crippen molar-refractivity contribution in [2.45, 2.75) is 27.3 Å². The highest BCUT2D eigenvalue weighted by atomic mass is 15.4. The van der Waals surface area contributed by atoms with E-state index in [1.807, 2.05) is 13.8 Å². The quantitative estimate of drug-likeness (QED) is 0.732. The number of fused-ring (bicyclic) bond motifs is 1. The zero-order valence-electron chi connectivity index (χ0n) is 7.47. The highest BCUT2D eigenvalue weighted by Gasteiger charge is 2.11. The van der Waals surface area contributed by atoms with Crippen molar-refractivity contribution in [1.82, 2.24) is 25.0 Å². The molecule has 0 saturated heterocycles. The third-order valence-electron chi connectivity index (χ3n) is 1.79. The topological polar surface area (TPSA) is 82.5 Å². The summed E-state index contributed by atoms with van der Waals surface area (Å²) in [6.45, 7) is 4.00. The number of nitrogens with two attached hydrogens (primary N) is 1. The SMILES string of the molecule is C.CC(C)n1nnc2ncnc(N)c21. The maximum Gasteiger partial charge on any atom is 0.207 e. The van der Waals surface area contributed by atoms with Crippen LogP contribution in [0.1, 0.15) is 27.3 Å². The largest absolute Gasteiger partial charge is 0.382 e. The van der Waals surface area contributed by atoms with Gasteiger partial charge in [-0.2, -0.15) is 0 Å². The van der Waals surface area contributed by atoms with Crippen molar-refractivity contribution in [3.63, 3.8) is 0 Å². The molecule has 76 valence electrons. The van der Waals surface area contributed by atoms with Crippen LogP contribution in [0.3, 0.4) is 0 Å². The van der Waals surface area contributed by atoms with Crippen molar-refractivity contribution >= 4 is 17.0 Å². The standard InChI is InChI=1S/C7H10N6.CH4/c1-4(2)13-5-6(8)9-3-10-7(5)11-12-13;/h3-4H,1-2H3,(H2,8,9,10);1H4. The third-order valence-corrected chi connectivity index (χ3v) is 1.79. The van der Waals surface area contributed by atoms with Crippen LogP contribution in [0.5, 0.6) is 0 Å². The summed E-state index contributed by atoms with van der Waals surface area (Å²) in [6, 6.07) is 0.207. The van der Waals surface area contributed by atoms with E-state index in [1.165, 1.54) is 6.33 Å². The summed E-state index contributed by atoms with van der Waals surface area (Å²) in [5.74, 6) is 0.420. The van der Waals surface area contributed by atoms with Gasteiger partial charge in [-0.1, -0.05) is 12.6 Å². The second-order valence-corrected chi connectivity index (χ2v) is 3.06. The molecule has 0 unspecified atom stereocenters. The Morgan fingerprint density at radius 1 is 1.36 bits per heavy atom. The molecule has 0 atom stereocenters. The third kappa shape index (κ3) is 1.39. The van der Waals surface area contributed by atoms with Crippen LogP contribution < -0.4 is 5.73 Å². The first-order valence-corrected chi connectivity index (χ1v) is 4.01. The molecule has 0 saturated carbocycles. The van der Waals surface area contributed by atoms with Crippen molar-refractivity contribution in [1.29, 1.82) is 0 Å². The van der Waals surface area contributed by atoms with E-state index in [9.17, 15) is 0 Å². The van der Waals surface area contributed by atoms with Gasteiger partial charge in [-0.15, -0.1) is 5.10 Å². The summed E-state index contributed by atoms with van der Waals surface area (Å²) in [5.41, 5.74) is 6.94. The molecule has 2 rings (SSSR count). The lowest BCUT2D eigenvalue weighted by Crippen LogP contribution is -2.05. The molecule has 6 nitrogen and oxygen atoms in total. The average Bonchev–Trinajstić information content (AvgIpc) is 2.49. The Balaban J connectivity index is 0.000000980. The minimum Gasteiger partial charge on any atom is -0.382 e. The van der Waals surface area contributed by atoms with Gasteiger partial charge in [0.2, 0.25) is 5.65 Å². The van der Waals surface area contributed by atoms with Gasteiger partial charge in [0.1, 0.15) is 6.33 Å². The van der Waals surface area contributed by atoms with Crippen molar-refractivity contribution < 1.29 is 0 Å². The van der Waals surface area contributed by atoms with Crippen LogP contribution in [-0.2, 0) is 0 Å². The lowest BCUT2D eigenvalue weighted by Gasteiger charge is -2.05. The summed E-state index contributed by atoms with van der Waals surface area (Å²) < 4.78 is 1.71. The van der Waals surface area contributed by atoms with Crippen molar-refractivity contribution in [2.24, 2.45) is 0 Å². The average molecular weight is 194 g/mol. The first kappa shape index (κ1) is 10.4. The number of nitrogen functional groups attached to an aromatic ring is 1. The van der Waals surface area contributed by atoms with Crippen LogP contribution in [0.4, 0.5) is 5.82 Å². The van der Waals surface area contributed by atoms with Crippen LogP contribution in [0.15, 0.2) is 6.33 Å². The van der Waals surface area contributed by atoms with E-state index in [0.29, 0.717) is 17.0 Å². The molecule has 0 bridgehead atoms. The number of rotatable bonds is 1. The molecule has 2 heterocycles. The van der Waals surface area contributed by atoms with E-state index >= 15 is 0 Å². The molecule has 0 radical (unpaired) electrons. The molecule has 0 amide bonds. The first-order chi connectivity index (χ1) is 6.20. The Morgan fingerprint density at radius 3 is 2.71 bits per heavy atom. The summed E-state index contributed by atoms with van der Waals surface area (Å²) >= 11 is 0. The normalized spacial score (nSPS) is 10.5. The van der Waals surface area contributed by atoms with E-state index in [2.05, 4.69) is 20.3 Å². The first-order valence-electron chi connectivity index (χ1n) is 4.01. The van der Waals surface area contributed by atoms with E-state index < -0.39 is 0 Å². The summed E-state index contributed by atoms with van der Waals surface area (Å²) in [4.78, 5) is 7.85. The molecule has 0 aliphatic rings. The van der Waals surface area contributed by atoms with Gasteiger partial charge in [-0.3, -0.25) is 0 Å². The number of hydrogen-bond acceptors (Lipinski definition) is 5. The predicted molar refractivity (Wildman–Crippen MR) is 54.6 cm³/mol. The van der Waals surface area contributed by atoms with Crippen LogP contribution in [0.25, 0.3) is 11.2 Å². The van der Waals surface area contributed by atoms with Crippen molar-refractivity contribution in [2.75, 3.05) is 5.73 Å². The van der Waals surface area contributed by atoms with Crippen molar-refractivity contribution in [3.8, 4) is 0 Å². The van der Waals surface area contributed by atoms with Gasteiger partial charge in [0, 0.05) is 6.04 Å². The highest BCUT2D eigenvalue weighted by Crippen LogP contribution is 2.16. The molecular formula is C8H14N6. The van der Waals surface area contributed by atoms with Crippen LogP contribution in [0, 0.1) is 0 Å². The zero-order valence-corrected chi connectivity index (χ0v) is 7.47. The number of nitrogens with zero attached hydrogens (tertiary/aromatic N) is 5. The van der Waals surface area contributed by atoms with Gasteiger partial charge < -0.3 is 5.73 Å². The Labute approximate surface area is 82.2 Å². The van der Waals surface area contributed by atoms with E-state index in [1.54, 1.807) is 4.68 Å².